The summed E-state index contributed by atoms with van der Waals surface area (Å²) in [6.07, 6.45) is 0. The van der Waals surface area contributed by atoms with Gasteiger partial charge < -0.3 is 10.4 Å². The van der Waals surface area contributed by atoms with Crippen molar-refractivity contribution in [2.24, 2.45) is 0 Å². The summed E-state index contributed by atoms with van der Waals surface area (Å²) < 4.78 is 0. The molecule has 2 aromatic rings. The van der Waals surface area contributed by atoms with Crippen LogP contribution in [0.2, 0.25) is 5.02 Å². The Balaban J connectivity index is 2.10. The number of halogens is 1. The Labute approximate surface area is 108 Å². The van der Waals surface area contributed by atoms with E-state index < -0.39 is 5.97 Å². The monoisotopic (exact) mass is 267 g/mol. The molecule has 0 fully saturated rings. The molecule has 0 bridgehead atoms. The first-order valence-corrected chi connectivity index (χ1v) is 6.22. The van der Waals surface area contributed by atoms with Crippen LogP contribution in [-0.2, 0) is 6.54 Å². The van der Waals surface area contributed by atoms with Crippen LogP contribution in [0.1, 0.15) is 15.2 Å². The average Bonchev–Trinajstić information content (AvgIpc) is 2.76. The van der Waals surface area contributed by atoms with E-state index in [2.05, 4.69) is 5.32 Å². The van der Waals surface area contributed by atoms with Gasteiger partial charge in [-0.1, -0.05) is 23.7 Å². The van der Waals surface area contributed by atoms with E-state index >= 15 is 0 Å². The lowest BCUT2D eigenvalue weighted by atomic mass is 10.2. The van der Waals surface area contributed by atoms with Crippen molar-refractivity contribution in [3.05, 3.63) is 51.2 Å². The number of carbonyl (C=O) groups is 1. The summed E-state index contributed by atoms with van der Waals surface area (Å²) in [6, 6.07) is 9.17. The van der Waals surface area contributed by atoms with Crippen LogP contribution in [0.15, 0.2) is 35.7 Å². The molecule has 0 amide bonds. The van der Waals surface area contributed by atoms with Gasteiger partial charge in [0.15, 0.2) is 0 Å². The lowest BCUT2D eigenvalue weighted by Crippen LogP contribution is -2.04. The predicted molar refractivity (Wildman–Crippen MR) is 70.1 cm³/mol. The summed E-state index contributed by atoms with van der Waals surface area (Å²) in [5, 5.41) is 14.5. The zero-order valence-corrected chi connectivity index (χ0v) is 10.4. The Morgan fingerprint density at radius 3 is 2.82 bits per heavy atom. The summed E-state index contributed by atoms with van der Waals surface area (Å²) in [6.45, 7) is 0.453. The molecule has 2 N–H and O–H groups in total. The first-order valence-electron chi connectivity index (χ1n) is 4.96. The highest BCUT2D eigenvalue weighted by Crippen LogP contribution is 2.23. The molecule has 0 saturated heterocycles. The van der Waals surface area contributed by atoms with Crippen molar-refractivity contribution in [1.29, 1.82) is 0 Å². The molecule has 1 aromatic carbocycles. The van der Waals surface area contributed by atoms with Crippen molar-refractivity contribution < 1.29 is 9.90 Å². The van der Waals surface area contributed by atoms with E-state index in [0.29, 0.717) is 16.4 Å². The number of carboxylic acids is 1. The standard InChI is InChI=1S/C12H10ClNO2S/c13-9-3-1-2-4-10(9)14-7-8-5-6-17-11(8)12(15)16/h1-6,14H,7H2,(H,15,16). The third-order valence-electron chi connectivity index (χ3n) is 2.28. The van der Waals surface area contributed by atoms with E-state index in [0.717, 1.165) is 11.3 Å². The minimum atomic E-state index is -0.893. The molecule has 0 radical (unpaired) electrons. The highest BCUT2D eigenvalue weighted by atomic mass is 35.5. The summed E-state index contributed by atoms with van der Waals surface area (Å²) in [4.78, 5) is 11.3. The smallest absolute Gasteiger partial charge is 0.346 e. The summed E-state index contributed by atoms with van der Waals surface area (Å²) >= 11 is 7.21. The van der Waals surface area contributed by atoms with Gasteiger partial charge in [0.2, 0.25) is 0 Å². The molecule has 0 aliphatic rings. The van der Waals surface area contributed by atoms with Gasteiger partial charge in [-0.25, -0.2) is 4.79 Å². The van der Waals surface area contributed by atoms with Crippen LogP contribution in [0.5, 0.6) is 0 Å². The highest BCUT2D eigenvalue weighted by molar-refractivity contribution is 7.12. The van der Waals surface area contributed by atoms with Gasteiger partial charge in [0.25, 0.3) is 0 Å². The summed E-state index contributed by atoms with van der Waals surface area (Å²) in [5.41, 5.74) is 1.57. The predicted octanol–water partition coefficient (Wildman–Crippen LogP) is 3.71. The van der Waals surface area contributed by atoms with Gasteiger partial charge >= 0.3 is 5.97 Å². The second-order valence-corrected chi connectivity index (χ2v) is 4.74. The van der Waals surface area contributed by atoms with Crippen molar-refractivity contribution in [3.63, 3.8) is 0 Å². The fraction of sp³-hybridized carbons (Fsp3) is 0.0833. The molecule has 0 aliphatic heterocycles. The van der Waals surface area contributed by atoms with Crippen LogP contribution in [0.25, 0.3) is 0 Å². The molecular formula is C12H10ClNO2S. The summed E-state index contributed by atoms with van der Waals surface area (Å²) in [5.74, 6) is -0.893. The lowest BCUT2D eigenvalue weighted by Gasteiger charge is -2.07. The Morgan fingerprint density at radius 1 is 1.35 bits per heavy atom. The van der Waals surface area contributed by atoms with E-state index in [4.69, 9.17) is 16.7 Å². The minimum absolute atomic E-state index is 0.365. The van der Waals surface area contributed by atoms with E-state index in [1.807, 2.05) is 18.2 Å². The first-order chi connectivity index (χ1) is 8.18. The molecular weight excluding hydrogens is 258 g/mol. The largest absolute Gasteiger partial charge is 0.477 e. The molecule has 3 nitrogen and oxygen atoms in total. The van der Waals surface area contributed by atoms with Gasteiger partial charge in [0.05, 0.1) is 10.7 Å². The van der Waals surface area contributed by atoms with Crippen molar-refractivity contribution in [2.75, 3.05) is 5.32 Å². The number of thiophene rings is 1. The van der Waals surface area contributed by atoms with E-state index in [-0.39, 0.29) is 0 Å². The molecule has 5 heteroatoms. The second-order valence-electron chi connectivity index (χ2n) is 3.41. The van der Waals surface area contributed by atoms with Crippen LogP contribution >= 0.6 is 22.9 Å². The molecule has 1 heterocycles. The SMILES string of the molecule is O=C(O)c1sccc1CNc1ccccc1Cl. The fourth-order valence-electron chi connectivity index (χ4n) is 1.46. The maximum Gasteiger partial charge on any atom is 0.346 e. The molecule has 0 spiro atoms. The number of hydrogen-bond donors (Lipinski definition) is 2. The van der Waals surface area contributed by atoms with E-state index in [1.54, 1.807) is 17.5 Å². The maximum atomic E-state index is 10.9. The first kappa shape index (κ1) is 12.0. The third kappa shape index (κ3) is 2.78. The minimum Gasteiger partial charge on any atom is -0.477 e. The Morgan fingerprint density at radius 2 is 2.12 bits per heavy atom. The van der Waals surface area contributed by atoms with Crippen molar-refractivity contribution in [2.45, 2.75) is 6.54 Å². The summed E-state index contributed by atoms with van der Waals surface area (Å²) in [7, 11) is 0. The fourth-order valence-corrected chi connectivity index (χ4v) is 2.42. The molecule has 17 heavy (non-hydrogen) atoms. The number of benzene rings is 1. The van der Waals surface area contributed by atoms with Crippen molar-refractivity contribution >= 4 is 34.6 Å². The van der Waals surface area contributed by atoms with Crippen LogP contribution in [0.4, 0.5) is 5.69 Å². The van der Waals surface area contributed by atoms with Crippen molar-refractivity contribution in [1.82, 2.24) is 0 Å². The number of carboxylic acid groups (broad SMARTS) is 1. The molecule has 0 saturated carbocycles. The van der Waals surface area contributed by atoms with Gasteiger partial charge in [-0.15, -0.1) is 11.3 Å². The normalized spacial score (nSPS) is 10.2. The second kappa shape index (κ2) is 5.21. The van der Waals surface area contributed by atoms with Gasteiger partial charge in [-0.05, 0) is 29.1 Å². The van der Waals surface area contributed by atoms with Crippen LogP contribution < -0.4 is 5.32 Å². The van der Waals surface area contributed by atoms with E-state index in [9.17, 15) is 4.79 Å². The van der Waals surface area contributed by atoms with Gasteiger partial charge in [-0.3, -0.25) is 0 Å². The molecule has 0 aliphatic carbocycles. The van der Waals surface area contributed by atoms with Gasteiger partial charge in [0, 0.05) is 6.54 Å². The Kier molecular flexibility index (Phi) is 3.66. The Bertz CT molecular complexity index is 539. The van der Waals surface area contributed by atoms with E-state index in [1.165, 1.54) is 11.3 Å². The van der Waals surface area contributed by atoms with Gasteiger partial charge in [0.1, 0.15) is 4.88 Å². The zero-order valence-electron chi connectivity index (χ0n) is 8.81. The van der Waals surface area contributed by atoms with Crippen LogP contribution in [0, 0.1) is 0 Å². The third-order valence-corrected chi connectivity index (χ3v) is 3.56. The number of hydrogen-bond acceptors (Lipinski definition) is 3. The van der Waals surface area contributed by atoms with Crippen molar-refractivity contribution in [3.8, 4) is 0 Å². The topological polar surface area (TPSA) is 49.3 Å². The average molecular weight is 268 g/mol. The number of rotatable bonds is 4. The molecule has 2 rings (SSSR count). The number of aromatic carboxylic acids is 1. The number of nitrogens with one attached hydrogen (secondary N) is 1. The highest BCUT2D eigenvalue weighted by Gasteiger charge is 2.11. The van der Waals surface area contributed by atoms with Gasteiger partial charge in [-0.2, -0.15) is 0 Å². The van der Waals surface area contributed by atoms with Crippen LogP contribution in [0.3, 0.4) is 0 Å². The number of anilines is 1. The number of para-hydroxylation sites is 1. The molecule has 88 valence electrons. The molecule has 0 unspecified atom stereocenters. The molecule has 0 atom stereocenters. The quantitative estimate of drug-likeness (QED) is 0.888. The molecule has 1 aromatic heterocycles. The lowest BCUT2D eigenvalue weighted by molar-refractivity contribution is 0.0701. The Hall–Kier alpha value is -1.52. The van der Waals surface area contributed by atoms with Crippen LogP contribution in [-0.4, -0.2) is 11.1 Å². The zero-order chi connectivity index (χ0) is 12.3. The maximum absolute atomic E-state index is 10.9.